The van der Waals surface area contributed by atoms with E-state index in [1.807, 2.05) is 41.3 Å². The molecule has 1 aliphatic heterocycles. The second-order valence-corrected chi connectivity index (χ2v) is 5.88. The van der Waals surface area contributed by atoms with E-state index < -0.39 is 0 Å². The van der Waals surface area contributed by atoms with Gasteiger partial charge in [-0.15, -0.1) is 0 Å². The van der Waals surface area contributed by atoms with E-state index >= 15 is 0 Å². The number of rotatable bonds is 5. The van der Waals surface area contributed by atoms with Crippen molar-refractivity contribution in [1.82, 2.24) is 9.78 Å². The van der Waals surface area contributed by atoms with Crippen LogP contribution in [0.1, 0.15) is 31.4 Å². The van der Waals surface area contributed by atoms with Crippen molar-refractivity contribution in [3.63, 3.8) is 0 Å². The van der Waals surface area contributed by atoms with Gasteiger partial charge in [0, 0.05) is 17.8 Å². The summed E-state index contributed by atoms with van der Waals surface area (Å²) in [6.07, 6.45) is 6.45. The first kappa shape index (κ1) is 14.4. The van der Waals surface area contributed by atoms with Gasteiger partial charge < -0.3 is 10.1 Å². The van der Waals surface area contributed by atoms with Crippen molar-refractivity contribution in [3.05, 3.63) is 47.2 Å². The highest BCUT2D eigenvalue weighted by atomic mass is 35.5. The number of nitrogens with one attached hydrogen (secondary N) is 1. The van der Waals surface area contributed by atoms with Crippen molar-refractivity contribution >= 4 is 17.3 Å². The van der Waals surface area contributed by atoms with E-state index in [1.165, 1.54) is 0 Å². The summed E-state index contributed by atoms with van der Waals surface area (Å²) in [5, 5.41) is 8.61. The number of halogens is 1. The standard InChI is InChI=1S/C16H20ClN3O/c1-12(15-6-2-3-7-16(15)17)19-13-9-18-20(10-13)11-14-5-4-8-21-14/h2-3,6-7,9-10,12,14,19H,4-5,8,11H2,1H3. The number of aromatic nitrogens is 2. The lowest BCUT2D eigenvalue weighted by Gasteiger charge is -2.15. The molecule has 0 amide bonds. The summed E-state index contributed by atoms with van der Waals surface area (Å²) >= 11 is 6.23. The maximum Gasteiger partial charge on any atom is 0.0771 e. The molecule has 1 aromatic carbocycles. The van der Waals surface area contributed by atoms with Gasteiger partial charge in [0.25, 0.3) is 0 Å². The molecule has 0 saturated carbocycles. The summed E-state index contributed by atoms with van der Waals surface area (Å²) in [5.74, 6) is 0. The Morgan fingerprint density at radius 1 is 1.48 bits per heavy atom. The summed E-state index contributed by atoms with van der Waals surface area (Å²) in [6.45, 7) is 3.79. The molecule has 2 atom stereocenters. The van der Waals surface area contributed by atoms with Crippen LogP contribution in [0.25, 0.3) is 0 Å². The first-order chi connectivity index (χ1) is 10.2. The third-order valence-corrected chi connectivity index (χ3v) is 4.15. The SMILES string of the molecule is CC(Nc1cnn(CC2CCCO2)c1)c1ccccc1Cl. The zero-order chi connectivity index (χ0) is 14.7. The molecule has 1 fully saturated rings. The van der Waals surface area contributed by atoms with E-state index in [0.29, 0.717) is 6.10 Å². The topological polar surface area (TPSA) is 39.1 Å². The Hall–Kier alpha value is -1.52. The average Bonchev–Trinajstić information content (AvgIpc) is 3.12. The minimum Gasteiger partial charge on any atom is -0.376 e. The minimum atomic E-state index is 0.138. The Bertz CT molecular complexity index is 593. The number of hydrogen-bond acceptors (Lipinski definition) is 3. The fourth-order valence-electron chi connectivity index (χ4n) is 2.69. The number of nitrogens with zero attached hydrogens (tertiary/aromatic N) is 2. The Kier molecular flexibility index (Phi) is 4.46. The smallest absolute Gasteiger partial charge is 0.0771 e. The third kappa shape index (κ3) is 3.57. The molecular formula is C16H20ClN3O. The first-order valence-corrected chi connectivity index (χ1v) is 7.75. The maximum atomic E-state index is 6.23. The normalized spacial score (nSPS) is 19.6. The van der Waals surface area contributed by atoms with Crippen LogP contribution in [0, 0.1) is 0 Å². The van der Waals surface area contributed by atoms with Gasteiger partial charge in [-0.05, 0) is 31.4 Å². The molecule has 2 unspecified atom stereocenters. The van der Waals surface area contributed by atoms with E-state index in [0.717, 1.165) is 42.3 Å². The first-order valence-electron chi connectivity index (χ1n) is 7.37. The van der Waals surface area contributed by atoms with Crippen LogP contribution in [0.15, 0.2) is 36.7 Å². The highest BCUT2D eigenvalue weighted by Crippen LogP contribution is 2.25. The zero-order valence-corrected chi connectivity index (χ0v) is 12.9. The molecule has 0 aliphatic carbocycles. The van der Waals surface area contributed by atoms with E-state index in [2.05, 4.69) is 17.3 Å². The second kappa shape index (κ2) is 6.50. The molecule has 1 saturated heterocycles. The van der Waals surface area contributed by atoms with Gasteiger partial charge in [-0.2, -0.15) is 5.10 Å². The fourth-order valence-corrected chi connectivity index (χ4v) is 2.99. The van der Waals surface area contributed by atoms with Gasteiger partial charge in [0.1, 0.15) is 0 Å². The van der Waals surface area contributed by atoms with Gasteiger partial charge in [0.2, 0.25) is 0 Å². The van der Waals surface area contributed by atoms with Gasteiger partial charge in [0.05, 0.1) is 30.6 Å². The lowest BCUT2D eigenvalue weighted by molar-refractivity contribution is 0.0940. The van der Waals surface area contributed by atoms with Crippen molar-refractivity contribution in [2.24, 2.45) is 0 Å². The summed E-state index contributed by atoms with van der Waals surface area (Å²) in [6, 6.07) is 8.03. The third-order valence-electron chi connectivity index (χ3n) is 3.80. The van der Waals surface area contributed by atoms with Crippen LogP contribution in [0.4, 0.5) is 5.69 Å². The van der Waals surface area contributed by atoms with Crippen LogP contribution in [0.3, 0.4) is 0 Å². The van der Waals surface area contributed by atoms with Crippen LogP contribution < -0.4 is 5.32 Å². The lowest BCUT2D eigenvalue weighted by atomic mass is 10.1. The molecule has 1 aromatic heterocycles. The molecule has 2 aromatic rings. The summed E-state index contributed by atoms with van der Waals surface area (Å²) in [7, 11) is 0. The number of benzene rings is 1. The van der Waals surface area contributed by atoms with E-state index in [-0.39, 0.29) is 6.04 Å². The van der Waals surface area contributed by atoms with Gasteiger partial charge in [-0.25, -0.2) is 0 Å². The van der Waals surface area contributed by atoms with Crippen molar-refractivity contribution < 1.29 is 4.74 Å². The Labute approximate surface area is 130 Å². The van der Waals surface area contributed by atoms with Crippen LogP contribution in [0.2, 0.25) is 5.02 Å². The molecule has 0 spiro atoms. The van der Waals surface area contributed by atoms with E-state index in [4.69, 9.17) is 16.3 Å². The Balaban J connectivity index is 1.62. The largest absolute Gasteiger partial charge is 0.376 e. The molecule has 0 bridgehead atoms. The Morgan fingerprint density at radius 3 is 3.10 bits per heavy atom. The molecule has 21 heavy (non-hydrogen) atoms. The van der Waals surface area contributed by atoms with Crippen molar-refractivity contribution in [2.45, 2.75) is 38.5 Å². The Morgan fingerprint density at radius 2 is 2.33 bits per heavy atom. The number of hydrogen-bond donors (Lipinski definition) is 1. The number of anilines is 1. The monoisotopic (exact) mass is 305 g/mol. The molecule has 2 heterocycles. The quantitative estimate of drug-likeness (QED) is 0.911. The van der Waals surface area contributed by atoms with E-state index in [1.54, 1.807) is 0 Å². The van der Waals surface area contributed by atoms with Crippen LogP contribution in [-0.4, -0.2) is 22.5 Å². The van der Waals surface area contributed by atoms with Crippen molar-refractivity contribution in [3.8, 4) is 0 Å². The molecule has 4 nitrogen and oxygen atoms in total. The molecule has 3 rings (SSSR count). The fraction of sp³-hybridized carbons (Fsp3) is 0.438. The van der Waals surface area contributed by atoms with Gasteiger partial charge in [-0.1, -0.05) is 29.8 Å². The summed E-state index contributed by atoms with van der Waals surface area (Å²) in [5.41, 5.74) is 2.09. The molecule has 1 aliphatic rings. The van der Waals surface area contributed by atoms with Gasteiger partial charge in [0.15, 0.2) is 0 Å². The van der Waals surface area contributed by atoms with Crippen LogP contribution in [0.5, 0.6) is 0 Å². The molecule has 0 radical (unpaired) electrons. The second-order valence-electron chi connectivity index (χ2n) is 5.47. The van der Waals surface area contributed by atoms with Crippen LogP contribution >= 0.6 is 11.6 Å². The minimum absolute atomic E-state index is 0.138. The predicted molar refractivity (Wildman–Crippen MR) is 84.7 cm³/mol. The summed E-state index contributed by atoms with van der Waals surface area (Å²) in [4.78, 5) is 0. The van der Waals surface area contributed by atoms with Crippen molar-refractivity contribution in [1.29, 1.82) is 0 Å². The average molecular weight is 306 g/mol. The number of ether oxygens (including phenoxy) is 1. The lowest BCUT2D eigenvalue weighted by Crippen LogP contribution is -2.15. The highest BCUT2D eigenvalue weighted by Gasteiger charge is 2.16. The molecule has 112 valence electrons. The van der Waals surface area contributed by atoms with Gasteiger partial charge in [-0.3, -0.25) is 4.68 Å². The molecule has 5 heteroatoms. The molecule has 1 N–H and O–H groups in total. The van der Waals surface area contributed by atoms with Crippen LogP contribution in [-0.2, 0) is 11.3 Å². The van der Waals surface area contributed by atoms with Gasteiger partial charge >= 0.3 is 0 Å². The van der Waals surface area contributed by atoms with Crippen molar-refractivity contribution in [2.75, 3.05) is 11.9 Å². The molecular weight excluding hydrogens is 286 g/mol. The highest BCUT2D eigenvalue weighted by molar-refractivity contribution is 6.31. The van der Waals surface area contributed by atoms with E-state index in [9.17, 15) is 0 Å². The maximum absolute atomic E-state index is 6.23. The predicted octanol–water partition coefficient (Wildman–Crippen LogP) is 3.89. The zero-order valence-electron chi connectivity index (χ0n) is 12.1. The summed E-state index contributed by atoms with van der Waals surface area (Å²) < 4.78 is 7.58.